The SMILES string of the molecule is Cc1cc(-c2ccc3c(c2)OCCCO3)nc(=S)[nH]1. The van der Waals surface area contributed by atoms with Gasteiger partial charge in [-0.05, 0) is 43.4 Å². The number of H-pyrrole nitrogens is 1. The number of fused-ring (bicyclic) bond motifs is 1. The molecule has 0 fully saturated rings. The number of nitrogens with one attached hydrogen (secondary N) is 1. The molecule has 0 radical (unpaired) electrons. The van der Waals surface area contributed by atoms with Gasteiger partial charge in [-0.15, -0.1) is 0 Å². The zero-order valence-electron chi connectivity index (χ0n) is 10.6. The Labute approximate surface area is 116 Å². The van der Waals surface area contributed by atoms with Gasteiger partial charge in [0.15, 0.2) is 16.3 Å². The summed E-state index contributed by atoms with van der Waals surface area (Å²) in [6.07, 6.45) is 0.901. The maximum absolute atomic E-state index is 5.68. The minimum atomic E-state index is 0.488. The highest BCUT2D eigenvalue weighted by molar-refractivity contribution is 7.71. The van der Waals surface area contributed by atoms with Gasteiger partial charge >= 0.3 is 0 Å². The third kappa shape index (κ3) is 2.61. The van der Waals surface area contributed by atoms with Gasteiger partial charge in [0.2, 0.25) is 0 Å². The summed E-state index contributed by atoms with van der Waals surface area (Å²) in [7, 11) is 0. The first kappa shape index (κ1) is 12.2. The fourth-order valence-corrected chi connectivity index (χ4v) is 2.31. The molecule has 0 amide bonds. The van der Waals surface area contributed by atoms with Crippen molar-refractivity contribution in [3.05, 3.63) is 34.7 Å². The standard InChI is InChI=1S/C14H14N2O2S/c1-9-7-11(16-14(19)15-9)10-3-4-12-13(8-10)18-6-2-5-17-12/h3-4,7-8H,2,5-6H2,1H3,(H,15,16,19). The van der Waals surface area contributed by atoms with E-state index in [1.807, 2.05) is 31.2 Å². The lowest BCUT2D eigenvalue weighted by Gasteiger charge is -2.09. The first-order chi connectivity index (χ1) is 9.22. The molecule has 0 unspecified atom stereocenters. The maximum atomic E-state index is 5.68. The van der Waals surface area contributed by atoms with Crippen LogP contribution in [-0.2, 0) is 0 Å². The lowest BCUT2D eigenvalue weighted by Crippen LogP contribution is -1.97. The molecule has 1 aliphatic heterocycles. The number of benzene rings is 1. The molecule has 0 saturated carbocycles. The first-order valence-corrected chi connectivity index (χ1v) is 6.61. The predicted molar refractivity (Wildman–Crippen MR) is 75.2 cm³/mol. The highest BCUT2D eigenvalue weighted by Crippen LogP contribution is 2.33. The molecule has 1 aromatic heterocycles. The molecule has 19 heavy (non-hydrogen) atoms. The lowest BCUT2D eigenvalue weighted by molar-refractivity contribution is 0.297. The summed E-state index contributed by atoms with van der Waals surface area (Å²) in [5, 5.41) is 0. The van der Waals surface area contributed by atoms with Gasteiger partial charge in [0.05, 0.1) is 18.9 Å². The third-order valence-electron chi connectivity index (χ3n) is 2.92. The topological polar surface area (TPSA) is 47.1 Å². The minimum Gasteiger partial charge on any atom is -0.490 e. The van der Waals surface area contributed by atoms with E-state index in [-0.39, 0.29) is 0 Å². The van der Waals surface area contributed by atoms with Crippen molar-refractivity contribution in [3.8, 4) is 22.8 Å². The van der Waals surface area contributed by atoms with Crippen LogP contribution in [0.25, 0.3) is 11.3 Å². The number of aryl methyl sites for hydroxylation is 1. The lowest BCUT2D eigenvalue weighted by atomic mass is 10.1. The van der Waals surface area contributed by atoms with Gasteiger partial charge in [0.1, 0.15) is 0 Å². The van der Waals surface area contributed by atoms with Gasteiger partial charge in [-0.2, -0.15) is 0 Å². The van der Waals surface area contributed by atoms with Crippen LogP contribution in [0.5, 0.6) is 11.5 Å². The Bertz CT molecular complexity index is 667. The van der Waals surface area contributed by atoms with Crippen molar-refractivity contribution >= 4 is 12.2 Å². The highest BCUT2D eigenvalue weighted by Gasteiger charge is 2.12. The van der Waals surface area contributed by atoms with E-state index in [0.29, 0.717) is 18.0 Å². The Balaban J connectivity index is 2.06. The van der Waals surface area contributed by atoms with Crippen molar-refractivity contribution in [3.63, 3.8) is 0 Å². The molecular weight excluding hydrogens is 260 g/mol. The summed E-state index contributed by atoms with van der Waals surface area (Å²) in [5.74, 6) is 1.56. The van der Waals surface area contributed by atoms with Crippen LogP contribution in [-0.4, -0.2) is 23.2 Å². The summed E-state index contributed by atoms with van der Waals surface area (Å²) in [5.41, 5.74) is 2.81. The molecule has 3 rings (SSSR count). The normalized spacial score (nSPS) is 13.9. The fourth-order valence-electron chi connectivity index (χ4n) is 2.05. The Hall–Kier alpha value is -1.88. The van der Waals surface area contributed by atoms with Crippen LogP contribution in [0.2, 0.25) is 0 Å². The molecule has 0 atom stereocenters. The van der Waals surface area contributed by atoms with E-state index in [0.717, 1.165) is 34.9 Å². The van der Waals surface area contributed by atoms with E-state index in [1.165, 1.54) is 0 Å². The first-order valence-electron chi connectivity index (χ1n) is 6.20. The van der Waals surface area contributed by atoms with E-state index in [4.69, 9.17) is 21.7 Å². The van der Waals surface area contributed by atoms with Crippen molar-refractivity contribution in [1.29, 1.82) is 0 Å². The third-order valence-corrected chi connectivity index (χ3v) is 3.12. The zero-order chi connectivity index (χ0) is 13.2. The van der Waals surface area contributed by atoms with Gasteiger partial charge < -0.3 is 14.5 Å². The van der Waals surface area contributed by atoms with Crippen LogP contribution in [0.4, 0.5) is 0 Å². The highest BCUT2D eigenvalue weighted by atomic mass is 32.1. The summed E-state index contributed by atoms with van der Waals surface area (Å²) >= 11 is 5.11. The molecule has 2 aromatic rings. The predicted octanol–water partition coefficient (Wildman–Crippen LogP) is 3.28. The van der Waals surface area contributed by atoms with Crippen LogP contribution in [0.3, 0.4) is 0 Å². The summed E-state index contributed by atoms with van der Waals surface area (Å²) in [4.78, 5) is 7.34. The van der Waals surface area contributed by atoms with E-state index in [9.17, 15) is 0 Å². The molecule has 1 aromatic carbocycles. The molecule has 0 spiro atoms. The molecule has 5 heteroatoms. The molecule has 1 aliphatic rings. The number of rotatable bonds is 1. The monoisotopic (exact) mass is 274 g/mol. The van der Waals surface area contributed by atoms with Crippen LogP contribution < -0.4 is 9.47 Å². The van der Waals surface area contributed by atoms with E-state index >= 15 is 0 Å². The number of aromatic nitrogens is 2. The molecule has 4 nitrogen and oxygen atoms in total. The van der Waals surface area contributed by atoms with Gasteiger partial charge in [0, 0.05) is 17.7 Å². The molecule has 2 heterocycles. The molecule has 1 N–H and O–H groups in total. The summed E-state index contributed by atoms with van der Waals surface area (Å²) in [6.45, 7) is 3.34. The van der Waals surface area contributed by atoms with Gasteiger partial charge in [-0.3, -0.25) is 0 Å². The van der Waals surface area contributed by atoms with Crippen molar-refractivity contribution in [2.24, 2.45) is 0 Å². The fraction of sp³-hybridized carbons (Fsp3) is 0.286. The molecule has 0 saturated heterocycles. The van der Waals surface area contributed by atoms with Crippen molar-refractivity contribution in [2.75, 3.05) is 13.2 Å². The Kier molecular flexibility index (Phi) is 3.21. The zero-order valence-corrected chi connectivity index (χ0v) is 11.4. The maximum Gasteiger partial charge on any atom is 0.197 e. The number of hydrogen-bond donors (Lipinski definition) is 1. The average Bonchev–Trinajstić information content (AvgIpc) is 2.61. The molecular formula is C14H14N2O2S. The minimum absolute atomic E-state index is 0.488. The average molecular weight is 274 g/mol. The quantitative estimate of drug-likeness (QED) is 0.811. The Morgan fingerprint density at radius 3 is 2.74 bits per heavy atom. The van der Waals surface area contributed by atoms with Crippen LogP contribution in [0.15, 0.2) is 24.3 Å². The number of nitrogens with zero attached hydrogens (tertiary/aromatic N) is 1. The van der Waals surface area contributed by atoms with Crippen LogP contribution >= 0.6 is 12.2 Å². The van der Waals surface area contributed by atoms with E-state index < -0.39 is 0 Å². The van der Waals surface area contributed by atoms with Crippen molar-refractivity contribution in [2.45, 2.75) is 13.3 Å². The summed E-state index contributed by atoms with van der Waals surface area (Å²) < 4.78 is 11.8. The molecule has 98 valence electrons. The Morgan fingerprint density at radius 2 is 1.95 bits per heavy atom. The number of ether oxygens (including phenoxy) is 2. The molecule has 0 bridgehead atoms. The van der Waals surface area contributed by atoms with Crippen molar-refractivity contribution < 1.29 is 9.47 Å². The van der Waals surface area contributed by atoms with E-state index in [2.05, 4.69) is 9.97 Å². The van der Waals surface area contributed by atoms with Crippen LogP contribution in [0, 0.1) is 11.7 Å². The second-order valence-electron chi connectivity index (χ2n) is 4.47. The smallest absolute Gasteiger partial charge is 0.197 e. The van der Waals surface area contributed by atoms with E-state index in [1.54, 1.807) is 0 Å². The van der Waals surface area contributed by atoms with Gasteiger partial charge in [-0.25, -0.2) is 4.98 Å². The number of hydrogen-bond acceptors (Lipinski definition) is 4. The molecule has 0 aliphatic carbocycles. The van der Waals surface area contributed by atoms with Crippen molar-refractivity contribution in [1.82, 2.24) is 9.97 Å². The Morgan fingerprint density at radius 1 is 1.16 bits per heavy atom. The second-order valence-corrected chi connectivity index (χ2v) is 4.85. The largest absolute Gasteiger partial charge is 0.490 e. The second kappa shape index (κ2) is 5.01. The number of aromatic amines is 1. The van der Waals surface area contributed by atoms with Crippen LogP contribution in [0.1, 0.15) is 12.1 Å². The summed E-state index contributed by atoms with van der Waals surface area (Å²) in [6, 6.07) is 7.82. The van der Waals surface area contributed by atoms with Gasteiger partial charge in [0.25, 0.3) is 0 Å². The van der Waals surface area contributed by atoms with Gasteiger partial charge in [-0.1, -0.05) is 0 Å².